The van der Waals surface area contributed by atoms with E-state index in [9.17, 15) is 8.42 Å². The van der Waals surface area contributed by atoms with Crippen molar-refractivity contribution in [2.45, 2.75) is 50.3 Å². The van der Waals surface area contributed by atoms with Crippen LogP contribution in [0.3, 0.4) is 0 Å². The Labute approximate surface area is 117 Å². The van der Waals surface area contributed by atoms with Crippen LogP contribution in [-0.2, 0) is 9.84 Å². The minimum Gasteiger partial charge on any atom is -0.224 e. The first-order chi connectivity index (χ1) is 8.99. The molecule has 1 aromatic carbocycles. The van der Waals surface area contributed by atoms with E-state index in [1.54, 1.807) is 6.07 Å². The predicted octanol–water partition coefficient (Wildman–Crippen LogP) is 4.33. The van der Waals surface area contributed by atoms with Gasteiger partial charge in [-0.25, -0.2) is 8.42 Å². The molecule has 1 atom stereocenters. The summed E-state index contributed by atoms with van der Waals surface area (Å²) < 4.78 is 23.2. The molecule has 0 saturated heterocycles. The first kappa shape index (κ1) is 16.0. The average molecular weight is 280 g/mol. The van der Waals surface area contributed by atoms with Gasteiger partial charge in [-0.3, -0.25) is 0 Å². The number of allylic oxidation sites excluding steroid dienone is 2. The topological polar surface area (TPSA) is 34.1 Å². The van der Waals surface area contributed by atoms with Gasteiger partial charge in [-0.15, -0.1) is 0 Å². The highest BCUT2D eigenvalue weighted by atomic mass is 32.2. The Morgan fingerprint density at radius 2 is 1.95 bits per heavy atom. The van der Waals surface area contributed by atoms with Crippen molar-refractivity contribution >= 4 is 9.84 Å². The van der Waals surface area contributed by atoms with Gasteiger partial charge < -0.3 is 0 Å². The molecule has 0 aromatic heterocycles. The highest BCUT2D eigenvalue weighted by Gasteiger charge is 2.13. The van der Waals surface area contributed by atoms with Crippen LogP contribution >= 0.6 is 0 Å². The zero-order valence-electron chi connectivity index (χ0n) is 12.1. The van der Waals surface area contributed by atoms with Crippen molar-refractivity contribution in [1.29, 1.82) is 0 Å². The molecule has 0 saturated carbocycles. The maximum absolute atomic E-state index is 11.6. The van der Waals surface area contributed by atoms with Crippen molar-refractivity contribution in [2.24, 2.45) is 0 Å². The quantitative estimate of drug-likeness (QED) is 0.697. The van der Waals surface area contributed by atoms with Crippen molar-refractivity contribution < 1.29 is 8.42 Å². The number of sulfone groups is 1. The monoisotopic (exact) mass is 280 g/mol. The summed E-state index contributed by atoms with van der Waals surface area (Å²) in [4.78, 5) is 0.422. The maximum atomic E-state index is 11.6. The van der Waals surface area contributed by atoms with E-state index in [0.717, 1.165) is 31.2 Å². The lowest BCUT2D eigenvalue weighted by Gasteiger charge is -2.15. The summed E-state index contributed by atoms with van der Waals surface area (Å²) in [6.45, 7) is 4.28. The van der Waals surface area contributed by atoms with Crippen molar-refractivity contribution in [2.75, 3.05) is 6.26 Å². The van der Waals surface area contributed by atoms with Crippen molar-refractivity contribution in [3.63, 3.8) is 0 Å². The molecule has 0 heterocycles. The summed E-state index contributed by atoms with van der Waals surface area (Å²) in [6, 6.07) is 7.38. The third-order valence-corrected chi connectivity index (χ3v) is 4.33. The van der Waals surface area contributed by atoms with Crippen LogP contribution < -0.4 is 0 Å². The molecule has 106 valence electrons. The largest absolute Gasteiger partial charge is 0.224 e. The van der Waals surface area contributed by atoms with E-state index in [2.05, 4.69) is 26.0 Å². The Bertz CT molecular complexity index is 515. The van der Waals surface area contributed by atoms with Crippen LogP contribution in [0.15, 0.2) is 41.3 Å². The second-order valence-corrected chi connectivity index (χ2v) is 6.96. The number of hydrogen-bond donors (Lipinski definition) is 0. The Morgan fingerprint density at radius 3 is 2.53 bits per heavy atom. The number of benzene rings is 1. The molecule has 0 spiro atoms. The highest BCUT2D eigenvalue weighted by molar-refractivity contribution is 7.90. The Morgan fingerprint density at radius 1 is 1.21 bits per heavy atom. The second kappa shape index (κ2) is 7.49. The summed E-state index contributed by atoms with van der Waals surface area (Å²) in [5.41, 5.74) is 1.13. The summed E-state index contributed by atoms with van der Waals surface area (Å²) in [7, 11) is -3.12. The van der Waals surface area contributed by atoms with Gasteiger partial charge in [-0.1, -0.05) is 44.6 Å². The van der Waals surface area contributed by atoms with Gasteiger partial charge in [-0.05, 0) is 42.9 Å². The van der Waals surface area contributed by atoms with Crippen LogP contribution in [-0.4, -0.2) is 14.7 Å². The van der Waals surface area contributed by atoms with Gasteiger partial charge in [0, 0.05) is 6.26 Å². The van der Waals surface area contributed by atoms with Gasteiger partial charge in [-0.2, -0.15) is 0 Å². The molecule has 0 aliphatic heterocycles. The molecule has 1 aromatic rings. The fraction of sp³-hybridized carbons (Fsp3) is 0.500. The molecule has 1 unspecified atom stereocenters. The fourth-order valence-corrected chi connectivity index (χ4v) is 2.87. The molecule has 0 amide bonds. The number of rotatable bonds is 7. The average Bonchev–Trinajstić information content (AvgIpc) is 2.37. The van der Waals surface area contributed by atoms with Crippen molar-refractivity contribution in [3.8, 4) is 0 Å². The third kappa shape index (κ3) is 5.19. The lowest BCUT2D eigenvalue weighted by atomic mass is 9.91. The number of hydrogen-bond acceptors (Lipinski definition) is 2. The van der Waals surface area contributed by atoms with E-state index in [4.69, 9.17) is 0 Å². The van der Waals surface area contributed by atoms with Gasteiger partial charge in [0.15, 0.2) is 9.84 Å². The van der Waals surface area contributed by atoms with Crippen LogP contribution in [0.4, 0.5) is 0 Å². The Hall–Kier alpha value is -1.09. The van der Waals surface area contributed by atoms with Gasteiger partial charge in [0.2, 0.25) is 0 Å². The zero-order valence-corrected chi connectivity index (χ0v) is 12.9. The summed E-state index contributed by atoms with van der Waals surface area (Å²) in [6.07, 6.45) is 9.85. The van der Waals surface area contributed by atoms with Crippen molar-refractivity contribution in [3.05, 3.63) is 42.0 Å². The van der Waals surface area contributed by atoms with Crippen LogP contribution in [0.2, 0.25) is 0 Å². The zero-order chi connectivity index (χ0) is 14.3. The Kier molecular flexibility index (Phi) is 6.29. The molecule has 0 N–H and O–H groups in total. The molecular formula is C16H24O2S. The molecule has 2 nitrogen and oxygen atoms in total. The Balaban J connectivity index is 2.99. The molecule has 0 radical (unpaired) electrons. The minimum absolute atomic E-state index is 0.412. The van der Waals surface area contributed by atoms with E-state index >= 15 is 0 Å². The van der Waals surface area contributed by atoms with Gasteiger partial charge in [0.25, 0.3) is 0 Å². The van der Waals surface area contributed by atoms with Crippen molar-refractivity contribution in [1.82, 2.24) is 0 Å². The van der Waals surface area contributed by atoms with E-state index < -0.39 is 9.84 Å². The molecule has 1 rings (SSSR count). The van der Waals surface area contributed by atoms with Gasteiger partial charge >= 0.3 is 0 Å². The van der Waals surface area contributed by atoms with Crippen LogP contribution in [0.25, 0.3) is 0 Å². The summed E-state index contributed by atoms with van der Waals surface area (Å²) in [5, 5.41) is 0. The molecule has 0 fully saturated rings. The van der Waals surface area contributed by atoms with E-state index in [1.165, 1.54) is 6.26 Å². The maximum Gasteiger partial charge on any atom is 0.175 e. The molecular weight excluding hydrogens is 256 g/mol. The van der Waals surface area contributed by atoms with E-state index in [1.807, 2.05) is 18.2 Å². The lowest BCUT2D eigenvalue weighted by Crippen LogP contribution is -2.02. The van der Waals surface area contributed by atoms with Crippen LogP contribution in [0, 0.1) is 0 Å². The third-order valence-electron chi connectivity index (χ3n) is 3.22. The lowest BCUT2D eigenvalue weighted by molar-refractivity contribution is 0.599. The highest BCUT2D eigenvalue weighted by Crippen LogP contribution is 2.27. The predicted molar refractivity (Wildman–Crippen MR) is 81.2 cm³/mol. The van der Waals surface area contributed by atoms with Crippen LogP contribution in [0.1, 0.15) is 51.0 Å². The van der Waals surface area contributed by atoms with Gasteiger partial charge in [0.1, 0.15) is 0 Å². The van der Waals surface area contributed by atoms with E-state index in [0.29, 0.717) is 10.8 Å². The molecule has 0 bridgehead atoms. The smallest absolute Gasteiger partial charge is 0.175 e. The molecule has 0 aliphatic rings. The van der Waals surface area contributed by atoms with Crippen LogP contribution in [0.5, 0.6) is 0 Å². The normalized spacial score (nSPS) is 13.8. The minimum atomic E-state index is -3.12. The second-order valence-electron chi connectivity index (χ2n) is 4.95. The molecule has 3 heteroatoms. The standard InChI is InChI=1S/C16H24O2S/c1-4-6-7-10-14(9-5-2)15-11-8-12-16(13-15)19(3,17)18/h6-8,11-14H,4-5,9-10H2,1-3H3/b7-6-. The first-order valence-corrected chi connectivity index (χ1v) is 8.83. The fourth-order valence-electron chi connectivity index (χ4n) is 2.20. The summed E-state index contributed by atoms with van der Waals surface area (Å²) >= 11 is 0. The summed E-state index contributed by atoms with van der Waals surface area (Å²) in [5.74, 6) is 0.412. The van der Waals surface area contributed by atoms with Gasteiger partial charge in [0.05, 0.1) is 4.90 Å². The first-order valence-electron chi connectivity index (χ1n) is 6.94. The molecule has 19 heavy (non-hydrogen) atoms. The molecule has 0 aliphatic carbocycles. The SMILES string of the molecule is CC/C=C\CC(CCC)c1cccc(S(C)(=O)=O)c1. The van der Waals surface area contributed by atoms with E-state index in [-0.39, 0.29) is 0 Å².